The molecule has 0 aliphatic carbocycles. The number of benzene rings is 2. The zero-order valence-electron chi connectivity index (χ0n) is 11.1. The lowest BCUT2D eigenvalue weighted by Gasteiger charge is -2.12. The molecule has 4 nitrogen and oxygen atoms in total. The largest absolute Gasteiger partial charge is 0.505 e. The van der Waals surface area contributed by atoms with Gasteiger partial charge in [-0.05, 0) is 24.3 Å². The van der Waals surface area contributed by atoms with Crippen LogP contribution in [-0.4, -0.2) is 19.8 Å². The lowest BCUT2D eigenvalue weighted by molar-refractivity contribution is 0.432. The third kappa shape index (κ3) is 3.65. The molecular formula is C14H13ClFNO3S. The second-order valence-electron chi connectivity index (χ2n) is 4.51. The number of hydrogen-bond donors (Lipinski definition) is 2. The van der Waals surface area contributed by atoms with Crippen molar-refractivity contribution in [3.63, 3.8) is 0 Å². The van der Waals surface area contributed by atoms with Crippen molar-refractivity contribution in [2.45, 2.75) is 11.4 Å². The first kappa shape index (κ1) is 15.6. The molecule has 112 valence electrons. The lowest BCUT2D eigenvalue weighted by atomic mass is 10.2. The number of sulfone groups is 1. The van der Waals surface area contributed by atoms with Gasteiger partial charge in [0.2, 0.25) is 0 Å². The zero-order valence-corrected chi connectivity index (χ0v) is 12.7. The van der Waals surface area contributed by atoms with E-state index in [1.54, 1.807) is 12.1 Å². The number of halogens is 2. The van der Waals surface area contributed by atoms with Crippen LogP contribution in [0.25, 0.3) is 0 Å². The highest BCUT2D eigenvalue weighted by molar-refractivity contribution is 7.90. The summed E-state index contributed by atoms with van der Waals surface area (Å²) in [5.74, 6) is -1.21. The van der Waals surface area contributed by atoms with E-state index < -0.39 is 21.4 Å². The number of aromatic hydroxyl groups is 1. The van der Waals surface area contributed by atoms with E-state index in [2.05, 4.69) is 5.32 Å². The molecule has 0 saturated carbocycles. The Balaban J connectivity index is 2.30. The van der Waals surface area contributed by atoms with E-state index in [0.29, 0.717) is 16.3 Å². The summed E-state index contributed by atoms with van der Waals surface area (Å²) >= 11 is 6.04. The number of anilines is 1. The molecular weight excluding hydrogens is 317 g/mol. The highest BCUT2D eigenvalue weighted by Crippen LogP contribution is 2.26. The summed E-state index contributed by atoms with van der Waals surface area (Å²) in [6.45, 7) is 0.117. The first-order valence-electron chi connectivity index (χ1n) is 5.99. The molecule has 0 heterocycles. The first-order chi connectivity index (χ1) is 9.79. The van der Waals surface area contributed by atoms with Gasteiger partial charge in [-0.15, -0.1) is 0 Å². The van der Waals surface area contributed by atoms with Crippen LogP contribution < -0.4 is 5.32 Å². The van der Waals surface area contributed by atoms with E-state index in [1.165, 1.54) is 18.2 Å². The van der Waals surface area contributed by atoms with Gasteiger partial charge in [-0.25, -0.2) is 12.8 Å². The molecule has 0 unspecified atom stereocenters. The monoisotopic (exact) mass is 329 g/mol. The molecule has 0 aliphatic heterocycles. The SMILES string of the molecule is CS(=O)(=O)c1cccc(Cl)c1CNc1ccc(O)c(F)c1. The van der Waals surface area contributed by atoms with Gasteiger partial charge in [0.05, 0.1) is 4.90 Å². The normalized spacial score (nSPS) is 11.4. The van der Waals surface area contributed by atoms with Crippen LogP contribution in [0.2, 0.25) is 5.02 Å². The number of phenolic OH excluding ortho intramolecular Hbond substituents is 1. The van der Waals surface area contributed by atoms with Gasteiger partial charge in [-0.2, -0.15) is 0 Å². The summed E-state index contributed by atoms with van der Waals surface area (Å²) in [6, 6.07) is 8.42. The Hall–Kier alpha value is -1.79. The molecule has 21 heavy (non-hydrogen) atoms. The average Bonchev–Trinajstić information content (AvgIpc) is 2.40. The predicted octanol–water partition coefficient (Wildman–Crippen LogP) is 3.20. The Morgan fingerprint density at radius 2 is 2.00 bits per heavy atom. The van der Waals surface area contributed by atoms with Crippen LogP contribution in [0.5, 0.6) is 5.75 Å². The van der Waals surface area contributed by atoms with Crippen molar-refractivity contribution in [3.8, 4) is 5.75 Å². The van der Waals surface area contributed by atoms with E-state index in [4.69, 9.17) is 16.7 Å². The maximum Gasteiger partial charge on any atom is 0.175 e. The molecule has 0 fully saturated rings. The van der Waals surface area contributed by atoms with Crippen LogP contribution >= 0.6 is 11.6 Å². The number of hydrogen-bond acceptors (Lipinski definition) is 4. The van der Waals surface area contributed by atoms with E-state index >= 15 is 0 Å². The standard InChI is InChI=1S/C14H13ClFNO3S/c1-21(19,20)14-4-2-3-11(15)10(14)8-17-9-5-6-13(18)12(16)7-9/h2-7,17-18H,8H2,1H3. The molecule has 2 aromatic carbocycles. The van der Waals surface area contributed by atoms with Crippen LogP contribution in [0.15, 0.2) is 41.3 Å². The van der Waals surface area contributed by atoms with Gasteiger partial charge in [0.1, 0.15) is 0 Å². The van der Waals surface area contributed by atoms with Crippen LogP contribution in [0, 0.1) is 5.82 Å². The van der Waals surface area contributed by atoms with E-state index in [-0.39, 0.29) is 11.4 Å². The molecule has 7 heteroatoms. The highest BCUT2D eigenvalue weighted by atomic mass is 35.5. The van der Waals surface area contributed by atoms with Crippen molar-refractivity contribution in [2.75, 3.05) is 11.6 Å². The quantitative estimate of drug-likeness (QED) is 0.845. The molecule has 0 radical (unpaired) electrons. The minimum atomic E-state index is -3.41. The Bertz CT molecular complexity index is 778. The summed E-state index contributed by atoms with van der Waals surface area (Å²) in [6.07, 6.45) is 1.10. The van der Waals surface area contributed by atoms with Crippen LogP contribution in [-0.2, 0) is 16.4 Å². The van der Waals surface area contributed by atoms with Crippen molar-refractivity contribution in [1.29, 1.82) is 0 Å². The van der Waals surface area contributed by atoms with Crippen LogP contribution in [0.3, 0.4) is 0 Å². The first-order valence-corrected chi connectivity index (χ1v) is 8.26. The summed E-state index contributed by atoms with van der Waals surface area (Å²) in [4.78, 5) is 0.127. The molecule has 0 saturated heterocycles. The smallest absolute Gasteiger partial charge is 0.175 e. The Kier molecular flexibility index (Phi) is 4.39. The molecule has 0 atom stereocenters. The van der Waals surface area contributed by atoms with Gasteiger partial charge in [0.25, 0.3) is 0 Å². The third-order valence-corrected chi connectivity index (χ3v) is 4.43. The maximum absolute atomic E-state index is 13.2. The number of rotatable bonds is 4. The summed E-state index contributed by atoms with van der Waals surface area (Å²) in [5.41, 5.74) is 0.819. The summed E-state index contributed by atoms with van der Waals surface area (Å²) < 4.78 is 36.7. The van der Waals surface area contributed by atoms with Gasteiger partial charge in [0.15, 0.2) is 21.4 Å². The molecule has 2 N–H and O–H groups in total. The maximum atomic E-state index is 13.2. The second kappa shape index (κ2) is 5.91. The molecule has 2 aromatic rings. The molecule has 0 aromatic heterocycles. The van der Waals surface area contributed by atoms with Crippen molar-refractivity contribution in [1.82, 2.24) is 0 Å². The molecule has 2 rings (SSSR count). The Labute approximate surface area is 127 Å². The van der Waals surface area contributed by atoms with Crippen molar-refractivity contribution in [3.05, 3.63) is 52.8 Å². The summed E-state index contributed by atoms with van der Waals surface area (Å²) in [5, 5.41) is 12.3. The van der Waals surface area contributed by atoms with Crippen molar-refractivity contribution < 1.29 is 17.9 Å². The fourth-order valence-electron chi connectivity index (χ4n) is 1.87. The minimum absolute atomic E-state index is 0.117. The number of phenols is 1. The molecule has 0 amide bonds. The number of nitrogens with one attached hydrogen (secondary N) is 1. The topological polar surface area (TPSA) is 66.4 Å². The fraction of sp³-hybridized carbons (Fsp3) is 0.143. The van der Waals surface area contributed by atoms with Gasteiger partial charge in [0, 0.05) is 35.1 Å². The molecule has 0 spiro atoms. The zero-order chi connectivity index (χ0) is 15.6. The minimum Gasteiger partial charge on any atom is -0.505 e. The third-order valence-electron chi connectivity index (χ3n) is 2.89. The van der Waals surface area contributed by atoms with Crippen molar-refractivity contribution >= 4 is 27.1 Å². The fourth-order valence-corrected chi connectivity index (χ4v) is 3.12. The Morgan fingerprint density at radius 1 is 1.29 bits per heavy atom. The van der Waals surface area contributed by atoms with Crippen molar-refractivity contribution in [2.24, 2.45) is 0 Å². The van der Waals surface area contributed by atoms with E-state index in [0.717, 1.165) is 12.3 Å². The van der Waals surface area contributed by atoms with Gasteiger partial charge >= 0.3 is 0 Å². The summed E-state index contributed by atoms with van der Waals surface area (Å²) in [7, 11) is -3.41. The Morgan fingerprint density at radius 3 is 2.62 bits per heavy atom. The van der Waals surface area contributed by atoms with Crippen LogP contribution in [0.1, 0.15) is 5.56 Å². The lowest BCUT2D eigenvalue weighted by Crippen LogP contribution is -2.08. The van der Waals surface area contributed by atoms with Gasteiger partial charge in [-0.1, -0.05) is 17.7 Å². The second-order valence-corrected chi connectivity index (χ2v) is 6.90. The van der Waals surface area contributed by atoms with E-state index in [1.807, 2.05) is 0 Å². The van der Waals surface area contributed by atoms with E-state index in [9.17, 15) is 12.8 Å². The van der Waals surface area contributed by atoms with Crippen LogP contribution in [0.4, 0.5) is 10.1 Å². The van der Waals surface area contributed by atoms with Gasteiger partial charge < -0.3 is 10.4 Å². The van der Waals surface area contributed by atoms with Gasteiger partial charge in [-0.3, -0.25) is 0 Å². The predicted molar refractivity (Wildman–Crippen MR) is 80.0 cm³/mol. The average molecular weight is 330 g/mol. The highest BCUT2D eigenvalue weighted by Gasteiger charge is 2.15. The molecule has 0 aliphatic rings. The molecule has 0 bridgehead atoms.